The Morgan fingerprint density at radius 2 is 1.63 bits per heavy atom. The molecule has 0 spiro atoms. The first-order valence-corrected chi connectivity index (χ1v) is 11.4. The average Bonchev–Trinajstić information content (AvgIpc) is 3.25. The number of rotatable bonds is 5. The minimum Gasteiger partial charge on any atom is -0.342 e. The van der Waals surface area contributed by atoms with Crippen LogP contribution in [0.25, 0.3) is 0 Å². The highest BCUT2D eigenvalue weighted by Gasteiger charge is 2.35. The third-order valence-corrected chi connectivity index (χ3v) is 6.52. The smallest absolute Gasteiger partial charge is 0.253 e. The normalized spacial score (nSPS) is 18.6. The second-order valence-corrected chi connectivity index (χ2v) is 9.29. The number of amides is 3. The second-order valence-electron chi connectivity index (χ2n) is 8.45. The van der Waals surface area contributed by atoms with Crippen LogP contribution in [0.5, 0.6) is 0 Å². The number of benzene rings is 1. The summed E-state index contributed by atoms with van der Waals surface area (Å²) >= 11 is 12.0. The maximum absolute atomic E-state index is 13.1. The number of nitrogens with zero attached hydrogens (tertiary/aromatic N) is 2. The number of carbonyl (C=O) groups is 3. The van der Waals surface area contributed by atoms with Crippen LogP contribution in [0.4, 0.5) is 0 Å². The summed E-state index contributed by atoms with van der Waals surface area (Å²) in [6.07, 6.45) is 3.50. The van der Waals surface area contributed by atoms with Crippen molar-refractivity contribution in [3.63, 3.8) is 0 Å². The zero-order valence-electron chi connectivity index (χ0n) is 17.5. The fourth-order valence-electron chi connectivity index (χ4n) is 4.15. The van der Waals surface area contributed by atoms with Gasteiger partial charge in [0.1, 0.15) is 6.04 Å². The summed E-state index contributed by atoms with van der Waals surface area (Å²) in [6.45, 7) is 6.57. The molecule has 1 unspecified atom stereocenters. The van der Waals surface area contributed by atoms with Gasteiger partial charge in [-0.3, -0.25) is 14.4 Å². The predicted octanol–water partition coefficient (Wildman–Crippen LogP) is 3.61. The van der Waals surface area contributed by atoms with Gasteiger partial charge in [-0.2, -0.15) is 0 Å². The van der Waals surface area contributed by atoms with Crippen LogP contribution in [0.1, 0.15) is 49.9 Å². The molecule has 2 heterocycles. The van der Waals surface area contributed by atoms with Gasteiger partial charge in [0, 0.05) is 37.1 Å². The molecule has 2 saturated heterocycles. The molecule has 3 rings (SSSR count). The Hall–Kier alpha value is -1.79. The van der Waals surface area contributed by atoms with E-state index < -0.39 is 11.9 Å². The summed E-state index contributed by atoms with van der Waals surface area (Å²) in [5.41, 5.74) is 0.287. The van der Waals surface area contributed by atoms with E-state index in [1.807, 2.05) is 18.7 Å². The molecule has 8 heteroatoms. The van der Waals surface area contributed by atoms with Gasteiger partial charge in [-0.1, -0.05) is 37.0 Å². The zero-order valence-corrected chi connectivity index (χ0v) is 19.0. The lowest BCUT2D eigenvalue weighted by atomic mass is 9.93. The van der Waals surface area contributed by atoms with Crippen molar-refractivity contribution in [1.82, 2.24) is 15.1 Å². The summed E-state index contributed by atoms with van der Waals surface area (Å²) in [5, 5.41) is 3.53. The highest BCUT2D eigenvalue weighted by atomic mass is 35.5. The molecule has 0 aliphatic carbocycles. The van der Waals surface area contributed by atoms with Crippen LogP contribution < -0.4 is 5.32 Å². The lowest BCUT2D eigenvalue weighted by Crippen LogP contribution is -2.53. The monoisotopic (exact) mass is 453 g/mol. The molecule has 1 aromatic rings. The molecule has 2 aliphatic rings. The zero-order chi connectivity index (χ0) is 21.8. The maximum Gasteiger partial charge on any atom is 0.253 e. The third kappa shape index (κ3) is 5.27. The molecule has 3 amide bonds. The van der Waals surface area contributed by atoms with E-state index in [9.17, 15) is 14.4 Å². The van der Waals surface area contributed by atoms with Crippen LogP contribution in [0.15, 0.2) is 18.2 Å². The van der Waals surface area contributed by atoms with Crippen molar-refractivity contribution in [2.75, 3.05) is 26.2 Å². The van der Waals surface area contributed by atoms with Crippen molar-refractivity contribution in [3.8, 4) is 0 Å². The van der Waals surface area contributed by atoms with Gasteiger partial charge in [0.25, 0.3) is 5.91 Å². The predicted molar refractivity (Wildman–Crippen MR) is 118 cm³/mol. The van der Waals surface area contributed by atoms with Crippen molar-refractivity contribution in [1.29, 1.82) is 0 Å². The van der Waals surface area contributed by atoms with E-state index in [2.05, 4.69) is 5.32 Å². The number of hydrogen-bond donors (Lipinski definition) is 1. The Balaban J connectivity index is 1.60. The Morgan fingerprint density at radius 1 is 1.00 bits per heavy atom. The Labute approximate surface area is 187 Å². The molecule has 0 radical (unpaired) electrons. The topological polar surface area (TPSA) is 69.7 Å². The highest BCUT2D eigenvalue weighted by molar-refractivity contribution is 6.36. The van der Waals surface area contributed by atoms with Gasteiger partial charge in [0.05, 0.1) is 10.6 Å². The number of likely N-dealkylation sites (tertiary alicyclic amines) is 2. The van der Waals surface area contributed by atoms with E-state index in [4.69, 9.17) is 23.2 Å². The van der Waals surface area contributed by atoms with Crippen LogP contribution in [0.3, 0.4) is 0 Å². The molecule has 1 N–H and O–H groups in total. The lowest BCUT2D eigenvalue weighted by Gasteiger charge is -2.36. The fourth-order valence-corrected chi connectivity index (χ4v) is 4.64. The number of piperidine rings is 1. The van der Waals surface area contributed by atoms with E-state index in [0.29, 0.717) is 31.0 Å². The summed E-state index contributed by atoms with van der Waals surface area (Å²) in [4.78, 5) is 42.2. The summed E-state index contributed by atoms with van der Waals surface area (Å²) in [6, 6.07) is 4.00. The van der Waals surface area contributed by atoms with Gasteiger partial charge in [-0.15, -0.1) is 0 Å². The summed E-state index contributed by atoms with van der Waals surface area (Å²) in [5.74, 6) is -0.382. The fraction of sp³-hybridized carbons (Fsp3) is 0.591. The average molecular weight is 454 g/mol. The number of halogens is 2. The molecule has 164 valence electrons. The van der Waals surface area contributed by atoms with Gasteiger partial charge in [-0.05, 0) is 49.8 Å². The molecular weight excluding hydrogens is 425 g/mol. The lowest BCUT2D eigenvalue weighted by molar-refractivity contribution is -0.141. The van der Waals surface area contributed by atoms with E-state index >= 15 is 0 Å². The van der Waals surface area contributed by atoms with Crippen LogP contribution in [0.2, 0.25) is 10.0 Å². The van der Waals surface area contributed by atoms with E-state index in [-0.39, 0.29) is 34.2 Å². The SMILES string of the molecule is CC(C)C(NC(=O)c1ccc(Cl)cc1Cl)C(=O)N1CCC(C(=O)N2CCCC2)CC1. The first-order valence-electron chi connectivity index (χ1n) is 10.6. The summed E-state index contributed by atoms with van der Waals surface area (Å²) in [7, 11) is 0. The quantitative estimate of drug-likeness (QED) is 0.739. The van der Waals surface area contributed by atoms with Crippen molar-refractivity contribution < 1.29 is 14.4 Å². The molecule has 30 heavy (non-hydrogen) atoms. The highest BCUT2D eigenvalue weighted by Crippen LogP contribution is 2.24. The van der Waals surface area contributed by atoms with Gasteiger partial charge in [0.2, 0.25) is 11.8 Å². The van der Waals surface area contributed by atoms with Crippen LogP contribution in [0, 0.1) is 11.8 Å². The minimum absolute atomic E-state index is 0.00730. The van der Waals surface area contributed by atoms with E-state index in [0.717, 1.165) is 25.9 Å². The number of nitrogens with one attached hydrogen (secondary N) is 1. The molecule has 0 aromatic heterocycles. The number of carbonyl (C=O) groups excluding carboxylic acids is 3. The first kappa shape index (κ1) is 22.9. The van der Waals surface area contributed by atoms with Crippen LogP contribution >= 0.6 is 23.2 Å². The van der Waals surface area contributed by atoms with Gasteiger partial charge < -0.3 is 15.1 Å². The maximum atomic E-state index is 13.1. The standard InChI is InChI=1S/C22H29Cl2N3O3/c1-14(2)19(25-20(28)17-6-5-16(23)13-18(17)24)22(30)27-11-7-15(8-12-27)21(29)26-9-3-4-10-26/h5-6,13-15,19H,3-4,7-12H2,1-2H3,(H,25,28). The Bertz CT molecular complexity index is 801. The first-order chi connectivity index (χ1) is 14.3. The van der Waals surface area contributed by atoms with E-state index in [1.165, 1.54) is 6.07 Å². The van der Waals surface area contributed by atoms with Crippen LogP contribution in [-0.2, 0) is 9.59 Å². The molecule has 2 aliphatic heterocycles. The minimum atomic E-state index is -0.657. The van der Waals surface area contributed by atoms with Gasteiger partial charge in [0.15, 0.2) is 0 Å². The molecule has 1 aromatic carbocycles. The van der Waals surface area contributed by atoms with Gasteiger partial charge in [-0.25, -0.2) is 0 Å². The molecule has 6 nitrogen and oxygen atoms in total. The van der Waals surface area contributed by atoms with E-state index in [1.54, 1.807) is 17.0 Å². The largest absolute Gasteiger partial charge is 0.342 e. The molecule has 2 fully saturated rings. The molecule has 0 saturated carbocycles. The molecule has 1 atom stereocenters. The van der Waals surface area contributed by atoms with Crippen molar-refractivity contribution in [3.05, 3.63) is 33.8 Å². The summed E-state index contributed by atoms with van der Waals surface area (Å²) < 4.78 is 0. The van der Waals surface area contributed by atoms with Crippen molar-refractivity contribution in [2.24, 2.45) is 11.8 Å². The van der Waals surface area contributed by atoms with Gasteiger partial charge >= 0.3 is 0 Å². The van der Waals surface area contributed by atoms with Crippen molar-refractivity contribution in [2.45, 2.75) is 45.6 Å². The van der Waals surface area contributed by atoms with Crippen molar-refractivity contribution >= 4 is 40.9 Å². The third-order valence-electron chi connectivity index (χ3n) is 5.97. The molecular formula is C22H29Cl2N3O3. The molecule has 0 bridgehead atoms. The Kier molecular flexibility index (Phi) is 7.64. The number of hydrogen-bond acceptors (Lipinski definition) is 3. The Morgan fingerprint density at radius 3 is 2.20 bits per heavy atom. The van der Waals surface area contributed by atoms with Crippen LogP contribution in [-0.4, -0.2) is 59.7 Å². The second kappa shape index (κ2) is 10.0.